The number of piperidine rings is 1. The molecule has 122 valence electrons. The predicted molar refractivity (Wildman–Crippen MR) is 91.9 cm³/mol. The molecule has 0 radical (unpaired) electrons. The first kappa shape index (κ1) is 15.5. The maximum absolute atomic E-state index is 6.14. The van der Waals surface area contributed by atoms with E-state index in [9.17, 15) is 0 Å². The van der Waals surface area contributed by atoms with Crippen LogP contribution in [0, 0.1) is 12.8 Å². The maximum Gasteiger partial charge on any atom is 0.191 e. The van der Waals surface area contributed by atoms with Crippen molar-refractivity contribution in [2.75, 3.05) is 13.1 Å². The van der Waals surface area contributed by atoms with Crippen LogP contribution in [0.15, 0.2) is 29.3 Å². The average Bonchev–Trinajstić information content (AvgIpc) is 3.00. The number of guanidine groups is 1. The quantitative estimate of drug-likeness (QED) is 0.673. The fourth-order valence-electron chi connectivity index (χ4n) is 2.79. The summed E-state index contributed by atoms with van der Waals surface area (Å²) in [5.41, 5.74) is 8.24. The zero-order valence-corrected chi connectivity index (χ0v) is 13.8. The molecule has 1 aliphatic heterocycles. The molecule has 2 heterocycles. The number of aromatic nitrogens is 3. The summed E-state index contributed by atoms with van der Waals surface area (Å²) in [6.07, 6.45) is 2.38. The van der Waals surface area contributed by atoms with Crippen LogP contribution in [0.4, 0.5) is 0 Å². The molecule has 1 fully saturated rings. The number of nitrogens with one attached hydrogen (secondary N) is 1. The van der Waals surface area contributed by atoms with Gasteiger partial charge in [-0.2, -0.15) is 5.10 Å². The lowest BCUT2D eigenvalue weighted by molar-refractivity contribution is 0.277. The van der Waals surface area contributed by atoms with E-state index >= 15 is 0 Å². The van der Waals surface area contributed by atoms with Crippen LogP contribution in [-0.4, -0.2) is 39.1 Å². The molecule has 0 unspecified atom stereocenters. The molecule has 1 aromatic carbocycles. The number of hydrogen-bond donors (Lipinski definition) is 2. The molecule has 0 saturated carbocycles. The minimum Gasteiger partial charge on any atom is -0.370 e. The number of benzene rings is 1. The van der Waals surface area contributed by atoms with Gasteiger partial charge in [0.2, 0.25) is 0 Å². The Bertz CT molecular complexity index is 682. The highest BCUT2D eigenvalue weighted by Gasteiger charge is 2.16. The maximum atomic E-state index is 6.14. The Balaban J connectivity index is 1.67. The van der Waals surface area contributed by atoms with E-state index < -0.39 is 0 Å². The van der Waals surface area contributed by atoms with E-state index in [0.29, 0.717) is 18.3 Å². The Labute approximate surface area is 136 Å². The van der Waals surface area contributed by atoms with Gasteiger partial charge in [-0.15, -0.1) is 0 Å². The first-order chi connectivity index (χ1) is 11.1. The van der Waals surface area contributed by atoms with E-state index in [-0.39, 0.29) is 0 Å². The van der Waals surface area contributed by atoms with Crippen molar-refractivity contribution in [3.05, 3.63) is 35.7 Å². The Kier molecular flexibility index (Phi) is 4.60. The van der Waals surface area contributed by atoms with Gasteiger partial charge in [-0.25, -0.2) is 9.98 Å². The summed E-state index contributed by atoms with van der Waals surface area (Å²) >= 11 is 0. The van der Waals surface area contributed by atoms with Crippen LogP contribution < -0.4 is 5.73 Å². The van der Waals surface area contributed by atoms with Gasteiger partial charge < -0.3 is 10.6 Å². The number of hydrogen-bond acceptors (Lipinski definition) is 3. The summed E-state index contributed by atoms with van der Waals surface area (Å²) in [5, 5.41) is 7.07. The lowest BCUT2D eigenvalue weighted by Gasteiger charge is -2.31. The minimum absolute atomic E-state index is 0.579. The molecule has 6 heteroatoms. The van der Waals surface area contributed by atoms with Gasteiger partial charge >= 0.3 is 0 Å². The molecule has 23 heavy (non-hydrogen) atoms. The van der Waals surface area contributed by atoms with Crippen molar-refractivity contribution >= 4 is 5.96 Å². The van der Waals surface area contributed by atoms with Crippen molar-refractivity contribution < 1.29 is 0 Å². The van der Waals surface area contributed by atoms with Gasteiger partial charge in [-0.05, 0) is 37.3 Å². The molecule has 1 aromatic heterocycles. The molecule has 3 N–H and O–H groups in total. The van der Waals surface area contributed by atoms with Gasteiger partial charge in [0.15, 0.2) is 11.8 Å². The van der Waals surface area contributed by atoms with Crippen molar-refractivity contribution in [3.8, 4) is 11.4 Å². The first-order valence-corrected chi connectivity index (χ1v) is 8.15. The second-order valence-corrected chi connectivity index (χ2v) is 6.29. The van der Waals surface area contributed by atoms with E-state index in [4.69, 9.17) is 5.73 Å². The second-order valence-electron chi connectivity index (χ2n) is 6.29. The van der Waals surface area contributed by atoms with Crippen LogP contribution in [-0.2, 0) is 6.54 Å². The van der Waals surface area contributed by atoms with Crippen LogP contribution in [0.1, 0.15) is 31.2 Å². The van der Waals surface area contributed by atoms with Crippen molar-refractivity contribution in [1.82, 2.24) is 20.1 Å². The SMILES string of the molecule is Cc1nc(-c2cccc(CN=C(N)N3CCC(C)CC3)c2)n[nH]1. The highest BCUT2D eigenvalue weighted by Crippen LogP contribution is 2.18. The van der Waals surface area contributed by atoms with Crippen molar-refractivity contribution in [3.63, 3.8) is 0 Å². The number of aliphatic imine (C=N–C) groups is 1. The molecule has 0 amide bonds. The third-order valence-electron chi connectivity index (χ3n) is 4.31. The predicted octanol–water partition coefficient (Wildman–Crippen LogP) is 2.33. The van der Waals surface area contributed by atoms with Crippen LogP contribution in [0.3, 0.4) is 0 Å². The van der Waals surface area contributed by atoms with Gasteiger partial charge in [0.1, 0.15) is 5.82 Å². The lowest BCUT2D eigenvalue weighted by atomic mass is 10.00. The molecule has 0 atom stereocenters. The Morgan fingerprint density at radius 3 is 2.87 bits per heavy atom. The normalized spacial score (nSPS) is 16.8. The van der Waals surface area contributed by atoms with Crippen molar-refractivity contribution in [1.29, 1.82) is 0 Å². The molecule has 1 saturated heterocycles. The topological polar surface area (TPSA) is 83.2 Å². The summed E-state index contributed by atoms with van der Waals surface area (Å²) < 4.78 is 0. The van der Waals surface area contributed by atoms with E-state index in [1.54, 1.807) is 0 Å². The number of H-pyrrole nitrogens is 1. The van der Waals surface area contributed by atoms with Gasteiger partial charge in [0.25, 0.3) is 0 Å². The number of likely N-dealkylation sites (tertiary alicyclic amines) is 1. The third kappa shape index (κ3) is 3.88. The summed E-state index contributed by atoms with van der Waals surface area (Å²) in [5.74, 6) is 2.97. The molecule has 2 aromatic rings. The highest BCUT2D eigenvalue weighted by atomic mass is 15.3. The molecular formula is C17H24N6. The summed E-state index contributed by atoms with van der Waals surface area (Å²) in [7, 11) is 0. The Hall–Kier alpha value is -2.37. The zero-order chi connectivity index (χ0) is 16.2. The van der Waals surface area contributed by atoms with Crippen LogP contribution in [0.2, 0.25) is 0 Å². The van der Waals surface area contributed by atoms with Gasteiger partial charge in [0.05, 0.1) is 6.54 Å². The molecule has 0 aliphatic carbocycles. The monoisotopic (exact) mass is 312 g/mol. The number of nitrogens with zero attached hydrogens (tertiary/aromatic N) is 4. The fourth-order valence-corrected chi connectivity index (χ4v) is 2.79. The number of nitrogens with two attached hydrogens (primary N) is 1. The van der Waals surface area contributed by atoms with Crippen LogP contribution in [0.25, 0.3) is 11.4 Å². The first-order valence-electron chi connectivity index (χ1n) is 8.15. The highest BCUT2D eigenvalue weighted by molar-refractivity contribution is 5.78. The third-order valence-corrected chi connectivity index (χ3v) is 4.31. The summed E-state index contributed by atoms with van der Waals surface area (Å²) in [6, 6.07) is 8.13. The Morgan fingerprint density at radius 2 is 2.17 bits per heavy atom. The number of aromatic amines is 1. The second kappa shape index (κ2) is 6.81. The van der Waals surface area contributed by atoms with E-state index in [1.807, 2.05) is 19.1 Å². The molecule has 3 rings (SSSR count). The fraction of sp³-hybridized carbons (Fsp3) is 0.471. The van der Waals surface area contributed by atoms with Crippen molar-refractivity contribution in [2.45, 2.75) is 33.2 Å². The standard InChI is InChI=1S/C17H24N6/c1-12-6-8-23(9-7-12)17(18)19-11-14-4-3-5-15(10-14)16-20-13(2)21-22-16/h3-5,10,12H,6-9,11H2,1-2H3,(H2,18,19)(H,20,21,22). The molecule has 1 aliphatic rings. The van der Waals surface area contributed by atoms with E-state index in [2.05, 4.69) is 44.1 Å². The van der Waals surface area contributed by atoms with E-state index in [1.165, 1.54) is 12.8 Å². The smallest absolute Gasteiger partial charge is 0.191 e. The summed E-state index contributed by atoms with van der Waals surface area (Å²) in [4.78, 5) is 11.1. The average molecular weight is 312 g/mol. The number of rotatable bonds is 3. The van der Waals surface area contributed by atoms with E-state index in [0.717, 1.165) is 36.0 Å². The largest absolute Gasteiger partial charge is 0.370 e. The zero-order valence-electron chi connectivity index (χ0n) is 13.8. The molecular weight excluding hydrogens is 288 g/mol. The van der Waals surface area contributed by atoms with Gasteiger partial charge in [-0.3, -0.25) is 5.10 Å². The van der Waals surface area contributed by atoms with Crippen LogP contribution in [0.5, 0.6) is 0 Å². The minimum atomic E-state index is 0.579. The number of aryl methyl sites for hydroxylation is 1. The van der Waals surface area contributed by atoms with Gasteiger partial charge in [-0.1, -0.05) is 25.1 Å². The molecule has 0 spiro atoms. The molecule has 0 bridgehead atoms. The van der Waals surface area contributed by atoms with Gasteiger partial charge in [0, 0.05) is 18.7 Å². The summed E-state index contributed by atoms with van der Waals surface area (Å²) in [6.45, 7) is 6.78. The Morgan fingerprint density at radius 1 is 1.39 bits per heavy atom. The molecule has 6 nitrogen and oxygen atoms in total. The van der Waals surface area contributed by atoms with Crippen LogP contribution >= 0.6 is 0 Å². The lowest BCUT2D eigenvalue weighted by Crippen LogP contribution is -2.42. The van der Waals surface area contributed by atoms with Crippen molar-refractivity contribution in [2.24, 2.45) is 16.6 Å².